The maximum absolute atomic E-state index is 12.4. The fraction of sp³-hybridized carbons (Fsp3) is 0.588. The van der Waals surface area contributed by atoms with Gasteiger partial charge in [0.05, 0.1) is 5.92 Å². The molecule has 2 aliphatic carbocycles. The lowest BCUT2D eigenvalue weighted by atomic mass is 9.79. The molecule has 0 aromatic heterocycles. The van der Waals surface area contributed by atoms with Crippen LogP contribution in [0.5, 0.6) is 0 Å². The number of rotatable bonds is 1. The van der Waals surface area contributed by atoms with Gasteiger partial charge in [0.15, 0.2) is 5.78 Å². The van der Waals surface area contributed by atoms with Gasteiger partial charge in [0.2, 0.25) is 0 Å². The van der Waals surface area contributed by atoms with E-state index in [1.807, 2.05) is 13.8 Å². The minimum Gasteiger partial charge on any atom is -0.461 e. The van der Waals surface area contributed by atoms with Crippen LogP contribution in [0.25, 0.3) is 0 Å². The van der Waals surface area contributed by atoms with Gasteiger partial charge < -0.3 is 9.47 Å². The van der Waals surface area contributed by atoms with Crippen LogP contribution in [0.2, 0.25) is 0 Å². The number of ether oxygens (including phenoxy) is 2. The number of esters is 2. The second-order valence-electron chi connectivity index (χ2n) is 6.84. The lowest BCUT2D eigenvalue weighted by Gasteiger charge is -2.30. The standard InChI is InChI=1S/C17H17Cl3O5/c1-6-4-9(21)11-7(2)5-10(24-16(23)17(18,19)20)13-8(3)15(22)25-14(13)12(6)11/h4,8,10,12-14H,5H2,1-3H3/t8-,10-,12-,13+,14+/m0/s1. The molecule has 1 aliphatic heterocycles. The first-order valence-corrected chi connectivity index (χ1v) is 9.06. The number of hydrogen-bond donors (Lipinski definition) is 0. The molecule has 0 unspecified atom stereocenters. The molecule has 0 aromatic carbocycles. The Hall–Kier alpha value is -1.04. The number of carbonyl (C=O) groups is 3. The molecule has 3 aliphatic rings. The first-order valence-electron chi connectivity index (χ1n) is 7.92. The molecule has 1 saturated heterocycles. The van der Waals surface area contributed by atoms with Gasteiger partial charge in [0.25, 0.3) is 3.79 Å². The number of hydrogen-bond acceptors (Lipinski definition) is 5. The topological polar surface area (TPSA) is 69.7 Å². The fourth-order valence-electron chi connectivity index (χ4n) is 4.11. The van der Waals surface area contributed by atoms with Crippen LogP contribution in [0.3, 0.4) is 0 Å². The zero-order valence-corrected chi connectivity index (χ0v) is 16.1. The Morgan fingerprint density at radius 2 is 1.92 bits per heavy atom. The summed E-state index contributed by atoms with van der Waals surface area (Å²) in [5.41, 5.74) is 2.24. The normalized spacial score (nSPS) is 35.0. The molecule has 8 heteroatoms. The van der Waals surface area contributed by atoms with Gasteiger partial charge in [-0.15, -0.1) is 0 Å². The van der Waals surface area contributed by atoms with Crippen molar-refractivity contribution in [2.24, 2.45) is 17.8 Å². The largest absolute Gasteiger partial charge is 0.461 e. The molecule has 1 heterocycles. The predicted molar refractivity (Wildman–Crippen MR) is 92.3 cm³/mol. The molecule has 0 N–H and O–H groups in total. The molecule has 0 radical (unpaired) electrons. The van der Waals surface area contributed by atoms with Crippen molar-refractivity contribution in [3.05, 3.63) is 22.8 Å². The third-order valence-electron chi connectivity index (χ3n) is 5.22. The summed E-state index contributed by atoms with van der Waals surface area (Å²) in [4.78, 5) is 36.6. The lowest BCUT2D eigenvalue weighted by molar-refractivity contribution is -0.152. The summed E-state index contributed by atoms with van der Waals surface area (Å²) in [6, 6.07) is 0. The molecular formula is C17H17Cl3O5. The molecule has 3 rings (SSSR count). The molecule has 5 nitrogen and oxygen atoms in total. The second-order valence-corrected chi connectivity index (χ2v) is 9.12. The first kappa shape index (κ1) is 18.7. The number of alkyl halides is 3. The Balaban J connectivity index is 2.03. The summed E-state index contributed by atoms with van der Waals surface area (Å²) < 4.78 is 8.81. The Labute approximate surface area is 160 Å². The van der Waals surface area contributed by atoms with E-state index in [-0.39, 0.29) is 24.1 Å². The monoisotopic (exact) mass is 406 g/mol. The molecule has 136 valence electrons. The minimum absolute atomic E-state index is 0.0947. The van der Waals surface area contributed by atoms with Crippen LogP contribution < -0.4 is 0 Å². The van der Waals surface area contributed by atoms with Crippen molar-refractivity contribution in [3.63, 3.8) is 0 Å². The van der Waals surface area contributed by atoms with Gasteiger partial charge in [-0.2, -0.15) is 0 Å². The first-order chi connectivity index (χ1) is 11.5. The molecule has 0 bridgehead atoms. The Morgan fingerprint density at radius 3 is 2.52 bits per heavy atom. The van der Waals surface area contributed by atoms with Crippen LogP contribution >= 0.6 is 34.8 Å². The summed E-state index contributed by atoms with van der Waals surface area (Å²) in [6.07, 6.45) is 0.567. The van der Waals surface area contributed by atoms with Gasteiger partial charge in [-0.1, -0.05) is 52.9 Å². The Morgan fingerprint density at radius 1 is 1.28 bits per heavy atom. The summed E-state index contributed by atoms with van der Waals surface area (Å²) in [5, 5.41) is 0. The molecule has 25 heavy (non-hydrogen) atoms. The van der Waals surface area contributed by atoms with Crippen LogP contribution in [0.1, 0.15) is 27.2 Å². The number of allylic oxidation sites excluding steroid dienone is 1. The van der Waals surface area contributed by atoms with Crippen molar-refractivity contribution < 1.29 is 23.9 Å². The average molecular weight is 408 g/mol. The minimum atomic E-state index is -2.21. The van der Waals surface area contributed by atoms with Crippen molar-refractivity contribution in [1.82, 2.24) is 0 Å². The summed E-state index contributed by atoms with van der Waals surface area (Å²) in [5.74, 6) is -2.71. The average Bonchev–Trinajstić information content (AvgIpc) is 2.89. The third-order valence-corrected chi connectivity index (χ3v) is 5.68. The summed E-state index contributed by atoms with van der Waals surface area (Å²) >= 11 is 16.8. The smallest absolute Gasteiger partial charge is 0.358 e. The number of halogens is 3. The highest BCUT2D eigenvalue weighted by Gasteiger charge is 2.55. The van der Waals surface area contributed by atoms with Crippen LogP contribution in [-0.4, -0.2) is 33.7 Å². The van der Waals surface area contributed by atoms with E-state index in [1.54, 1.807) is 13.0 Å². The summed E-state index contributed by atoms with van der Waals surface area (Å²) in [7, 11) is 0. The molecular weight excluding hydrogens is 391 g/mol. The molecule has 5 atom stereocenters. The Bertz CT molecular complexity index is 718. The Kier molecular flexibility index (Phi) is 4.71. The van der Waals surface area contributed by atoms with Crippen molar-refractivity contribution in [2.75, 3.05) is 0 Å². The van der Waals surface area contributed by atoms with Gasteiger partial charge in [0.1, 0.15) is 12.2 Å². The van der Waals surface area contributed by atoms with Gasteiger partial charge in [-0.05, 0) is 19.9 Å². The highest BCUT2D eigenvalue weighted by molar-refractivity contribution is 6.75. The molecule has 0 aromatic rings. The fourth-order valence-corrected chi connectivity index (χ4v) is 4.25. The maximum Gasteiger partial charge on any atom is 0.358 e. The second kappa shape index (κ2) is 6.29. The van der Waals surface area contributed by atoms with E-state index in [0.29, 0.717) is 5.57 Å². The highest BCUT2D eigenvalue weighted by atomic mass is 35.6. The van der Waals surface area contributed by atoms with Crippen molar-refractivity contribution in [3.8, 4) is 0 Å². The quantitative estimate of drug-likeness (QED) is 0.493. The predicted octanol–water partition coefficient (Wildman–Crippen LogP) is 3.31. The van der Waals surface area contributed by atoms with Crippen LogP contribution in [-0.2, 0) is 23.9 Å². The highest BCUT2D eigenvalue weighted by Crippen LogP contribution is 2.49. The van der Waals surface area contributed by atoms with Gasteiger partial charge in [0, 0.05) is 23.8 Å². The van der Waals surface area contributed by atoms with Crippen molar-refractivity contribution >= 4 is 52.5 Å². The van der Waals surface area contributed by atoms with Gasteiger partial charge >= 0.3 is 11.9 Å². The van der Waals surface area contributed by atoms with Crippen LogP contribution in [0, 0.1) is 17.8 Å². The number of fused-ring (bicyclic) bond motifs is 3. The zero-order chi connectivity index (χ0) is 18.7. The zero-order valence-electron chi connectivity index (χ0n) is 13.8. The van der Waals surface area contributed by atoms with Gasteiger partial charge in [-0.25, -0.2) is 4.79 Å². The van der Waals surface area contributed by atoms with Crippen molar-refractivity contribution in [2.45, 2.75) is 43.2 Å². The molecule has 0 spiro atoms. The number of ketones is 1. The molecule has 0 saturated carbocycles. The SMILES string of the molecule is CC1=CC(=O)C2=C(C)C[C@H](OC(=O)C(Cl)(Cl)Cl)[C@@H]3[C@H](OC(=O)[C@H]3C)[C@@H]12. The van der Waals surface area contributed by atoms with E-state index in [9.17, 15) is 14.4 Å². The van der Waals surface area contributed by atoms with Crippen LogP contribution in [0.15, 0.2) is 22.8 Å². The molecule has 1 fully saturated rings. The maximum atomic E-state index is 12.4. The van der Waals surface area contributed by atoms with Crippen LogP contribution in [0.4, 0.5) is 0 Å². The summed E-state index contributed by atoms with van der Waals surface area (Å²) in [6.45, 7) is 5.38. The van der Waals surface area contributed by atoms with Crippen molar-refractivity contribution in [1.29, 1.82) is 0 Å². The van der Waals surface area contributed by atoms with E-state index in [2.05, 4.69) is 0 Å². The number of carbonyl (C=O) groups excluding carboxylic acids is 3. The molecule has 0 amide bonds. The van der Waals surface area contributed by atoms with E-state index in [0.717, 1.165) is 11.1 Å². The van der Waals surface area contributed by atoms with E-state index in [4.69, 9.17) is 44.3 Å². The van der Waals surface area contributed by atoms with E-state index >= 15 is 0 Å². The van der Waals surface area contributed by atoms with E-state index < -0.39 is 33.8 Å². The lowest BCUT2D eigenvalue weighted by Crippen LogP contribution is -2.39. The van der Waals surface area contributed by atoms with E-state index in [1.165, 1.54) is 0 Å². The van der Waals surface area contributed by atoms with Gasteiger partial charge in [-0.3, -0.25) is 9.59 Å². The third kappa shape index (κ3) is 3.11.